The van der Waals surface area contributed by atoms with Gasteiger partial charge in [-0.3, -0.25) is 4.79 Å². The molecule has 0 aliphatic rings. The molecule has 23 heavy (non-hydrogen) atoms. The number of nitrogens with one attached hydrogen (secondary N) is 1. The van der Waals surface area contributed by atoms with Crippen molar-refractivity contribution < 1.29 is 14.3 Å². The van der Waals surface area contributed by atoms with Gasteiger partial charge in [0.05, 0.1) is 6.10 Å². The van der Waals surface area contributed by atoms with Gasteiger partial charge in [-0.05, 0) is 71.2 Å². The van der Waals surface area contributed by atoms with Gasteiger partial charge in [0.1, 0.15) is 11.4 Å². The molecule has 130 valence electrons. The molecule has 1 N–H and O–H groups in total. The van der Waals surface area contributed by atoms with Crippen LogP contribution in [0.1, 0.15) is 58.6 Å². The number of hydrogen-bond acceptors (Lipinski definition) is 3. The van der Waals surface area contributed by atoms with Gasteiger partial charge in [-0.1, -0.05) is 13.3 Å². The van der Waals surface area contributed by atoms with Gasteiger partial charge in [-0.15, -0.1) is 0 Å². The lowest BCUT2D eigenvalue weighted by Crippen LogP contribution is -2.42. The predicted molar refractivity (Wildman–Crippen MR) is 95.2 cm³/mol. The number of benzene rings is 1. The van der Waals surface area contributed by atoms with E-state index in [2.05, 4.69) is 12.2 Å². The molecule has 0 saturated carbocycles. The number of ether oxygens (including phenoxy) is 2. The Labute approximate surface area is 140 Å². The lowest BCUT2D eigenvalue weighted by Gasteiger charge is -2.28. The first-order valence-electron chi connectivity index (χ1n) is 8.46. The minimum absolute atomic E-state index is 0.0995. The SMILES string of the molecule is CCC[C@@](C)(OCC)C(=O)Nc1cc(C)c(OC(C)C)c(C)c1. The second-order valence-electron chi connectivity index (χ2n) is 6.47. The van der Waals surface area contributed by atoms with E-state index in [-0.39, 0.29) is 12.0 Å². The number of carbonyl (C=O) groups is 1. The van der Waals surface area contributed by atoms with Crippen LogP contribution in [0, 0.1) is 13.8 Å². The summed E-state index contributed by atoms with van der Waals surface area (Å²) in [5.41, 5.74) is 2.02. The number of anilines is 1. The Hall–Kier alpha value is -1.55. The minimum atomic E-state index is -0.793. The molecule has 1 atom stereocenters. The maximum Gasteiger partial charge on any atom is 0.256 e. The monoisotopic (exact) mass is 321 g/mol. The van der Waals surface area contributed by atoms with Gasteiger partial charge in [-0.25, -0.2) is 0 Å². The molecular weight excluding hydrogens is 290 g/mol. The molecular formula is C19H31NO3. The molecule has 1 rings (SSSR count). The lowest BCUT2D eigenvalue weighted by atomic mass is 9.98. The standard InChI is InChI=1S/C19H31NO3/c1-8-10-19(7,22-9-2)18(21)20-16-11-14(5)17(15(6)12-16)23-13(3)4/h11-13H,8-10H2,1-7H3,(H,20,21)/t19-/m1/s1. The lowest BCUT2D eigenvalue weighted by molar-refractivity contribution is -0.139. The van der Waals surface area contributed by atoms with Gasteiger partial charge in [0.2, 0.25) is 0 Å². The number of amides is 1. The Morgan fingerprint density at radius 2 is 1.78 bits per heavy atom. The van der Waals surface area contributed by atoms with Crippen molar-refractivity contribution in [1.29, 1.82) is 0 Å². The van der Waals surface area contributed by atoms with Crippen LogP contribution in [0.4, 0.5) is 5.69 Å². The largest absolute Gasteiger partial charge is 0.490 e. The zero-order valence-corrected chi connectivity index (χ0v) is 15.6. The molecule has 0 fully saturated rings. The second kappa shape index (κ2) is 8.34. The highest BCUT2D eigenvalue weighted by atomic mass is 16.5. The Bertz CT molecular complexity index is 508. The van der Waals surface area contributed by atoms with E-state index in [9.17, 15) is 4.79 Å². The molecule has 0 radical (unpaired) electrons. The van der Waals surface area contributed by atoms with E-state index >= 15 is 0 Å². The molecule has 0 aliphatic carbocycles. The van der Waals surface area contributed by atoms with Crippen molar-refractivity contribution in [1.82, 2.24) is 0 Å². The molecule has 0 bridgehead atoms. The third-order valence-electron chi connectivity index (χ3n) is 3.74. The minimum Gasteiger partial charge on any atom is -0.490 e. The van der Waals surface area contributed by atoms with Crippen LogP contribution < -0.4 is 10.1 Å². The summed E-state index contributed by atoms with van der Waals surface area (Å²) in [6, 6.07) is 3.89. The van der Waals surface area contributed by atoms with Crippen molar-refractivity contribution in [3.05, 3.63) is 23.3 Å². The Morgan fingerprint density at radius 1 is 1.22 bits per heavy atom. The van der Waals surface area contributed by atoms with Crippen molar-refractivity contribution in [2.45, 2.75) is 73.0 Å². The van der Waals surface area contributed by atoms with Crippen molar-refractivity contribution in [2.24, 2.45) is 0 Å². The van der Waals surface area contributed by atoms with Crippen molar-refractivity contribution in [3.8, 4) is 5.75 Å². The molecule has 0 unspecified atom stereocenters. The van der Waals surface area contributed by atoms with Crippen molar-refractivity contribution in [2.75, 3.05) is 11.9 Å². The Balaban J connectivity index is 2.98. The van der Waals surface area contributed by atoms with E-state index in [0.29, 0.717) is 13.0 Å². The van der Waals surface area contributed by atoms with Crippen LogP contribution in [-0.4, -0.2) is 24.2 Å². The van der Waals surface area contributed by atoms with Gasteiger partial charge < -0.3 is 14.8 Å². The van der Waals surface area contributed by atoms with Gasteiger partial charge in [0.25, 0.3) is 5.91 Å². The Kier molecular flexibility index (Phi) is 7.07. The van der Waals surface area contributed by atoms with Crippen molar-refractivity contribution in [3.63, 3.8) is 0 Å². The molecule has 0 spiro atoms. The third kappa shape index (κ3) is 5.24. The fourth-order valence-electron chi connectivity index (χ4n) is 2.75. The highest BCUT2D eigenvalue weighted by Crippen LogP contribution is 2.29. The molecule has 0 heterocycles. The van der Waals surface area contributed by atoms with Crippen LogP contribution >= 0.6 is 0 Å². The molecule has 0 aromatic heterocycles. The summed E-state index contributed by atoms with van der Waals surface area (Å²) >= 11 is 0. The van der Waals surface area contributed by atoms with Crippen LogP contribution in [0.15, 0.2) is 12.1 Å². The number of aryl methyl sites for hydroxylation is 2. The number of hydrogen-bond donors (Lipinski definition) is 1. The molecule has 0 aliphatic heterocycles. The van der Waals surface area contributed by atoms with E-state index in [1.54, 1.807) is 0 Å². The fraction of sp³-hybridized carbons (Fsp3) is 0.632. The maximum atomic E-state index is 12.6. The molecule has 4 heteroatoms. The highest BCUT2D eigenvalue weighted by Gasteiger charge is 2.33. The average Bonchev–Trinajstić information content (AvgIpc) is 2.43. The summed E-state index contributed by atoms with van der Waals surface area (Å²) in [5, 5.41) is 2.99. The van der Waals surface area contributed by atoms with E-state index in [1.807, 2.05) is 53.7 Å². The van der Waals surface area contributed by atoms with Gasteiger partial charge in [-0.2, -0.15) is 0 Å². The zero-order chi connectivity index (χ0) is 17.6. The first-order valence-corrected chi connectivity index (χ1v) is 8.46. The van der Waals surface area contributed by atoms with E-state index in [1.165, 1.54) is 0 Å². The molecule has 4 nitrogen and oxygen atoms in total. The molecule has 0 saturated heterocycles. The molecule has 1 aromatic carbocycles. The van der Waals surface area contributed by atoms with Gasteiger partial charge >= 0.3 is 0 Å². The number of carbonyl (C=O) groups excluding carboxylic acids is 1. The van der Waals surface area contributed by atoms with Gasteiger partial charge in [0, 0.05) is 12.3 Å². The number of rotatable bonds is 8. The smallest absolute Gasteiger partial charge is 0.256 e. The first-order chi connectivity index (χ1) is 10.7. The summed E-state index contributed by atoms with van der Waals surface area (Å²) in [6.45, 7) is 14.3. The zero-order valence-electron chi connectivity index (χ0n) is 15.6. The van der Waals surface area contributed by atoms with E-state index in [4.69, 9.17) is 9.47 Å². The predicted octanol–water partition coefficient (Wildman–Crippen LogP) is 4.62. The fourth-order valence-corrected chi connectivity index (χ4v) is 2.75. The van der Waals surface area contributed by atoms with Crippen LogP contribution in [0.2, 0.25) is 0 Å². The quantitative estimate of drug-likeness (QED) is 0.759. The van der Waals surface area contributed by atoms with Gasteiger partial charge in [0.15, 0.2) is 0 Å². The summed E-state index contributed by atoms with van der Waals surface area (Å²) < 4.78 is 11.5. The van der Waals surface area contributed by atoms with E-state index in [0.717, 1.165) is 29.0 Å². The van der Waals surface area contributed by atoms with E-state index < -0.39 is 5.60 Å². The summed E-state index contributed by atoms with van der Waals surface area (Å²) in [7, 11) is 0. The average molecular weight is 321 g/mol. The second-order valence-corrected chi connectivity index (χ2v) is 6.47. The Morgan fingerprint density at radius 3 is 2.22 bits per heavy atom. The summed E-state index contributed by atoms with van der Waals surface area (Å²) in [5.74, 6) is 0.789. The van der Waals surface area contributed by atoms with Crippen LogP contribution in [0.25, 0.3) is 0 Å². The maximum absolute atomic E-state index is 12.6. The summed E-state index contributed by atoms with van der Waals surface area (Å²) in [4.78, 5) is 12.6. The third-order valence-corrected chi connectivity index (χ3v) is 3.74. The van der Waals surface area contributed by atoms with Crippen LogP contribution in [0.3, 0.4) is 0 Å². The summed E-state index contributed by atoms with van der Waals surface area (Å²) in [6.07, 6.45) is 1.71. The van der Waals surface area contributed by atoms with Crippen molar-refractivity contribution >= 4 is 11.6 Å². The normalized spacial score (nSPS) is 13.7. The van der Waals surface area contributed by atoms with Crippen LogP contribution in [-0.2, 0) is 9.53 Å². The topological polar surface area (TPSA) is 47.6 Å². The first kappa shape index (κ1) is 19.5. The molecule has 1 amide bonds. The highest BCUT2D eigenvalue weighted by molar-refractivity contribution is 5.97. The molecule has 1 aromatic rings. The van der Waals surface area contributed by atoms with Crippen LogP contribution in [0.5, 0.6) is 5.75 Å².